The SMILES string of the molecule is COCCCN1CCOc2ccc(CO[C@H]3CNCC[C@@H]3c3ccc(OCCCOc4ccccc4)cc3)cc21.COCCOc1c(CO[C@H]2CNCC[C@@H]2c2ccc(OCCCOCc3ccccc3OC)cc2)cccc1OC.COc1ccccc1COCCCOc1ccc([C@H]2CCNC[C@@H]2OCCOc2ccccc2CCCC(=O)O)cc1. The highest BCUT2D eigenvalue weighted by Crippen LogP contribution is 2.38. The molecule has 0 aromatic heterocycles. The Kier molecular flexibility index (Phi) is 40.9. The number of aliphatic carboxylic acids is 1. The van der Waals surface area contributed by atoms with Crippen molar-refractivity contribution in [3.8, 4) is 57.5 Å². The van der Waals surface area contributed by atoms with Crippen molar-refractivity contribution in [1.29, 1.82) is 0 Å². The number of piperidine rings is 3. The van der Waals surface area contributed by atoms with Crippen LogP contribution in [0.5, 0.6) is 57.5 Å². The van der Waals surface area contributed by atoms with Crippen LogP contribution < -0.4 is 68.2 Å². The predicted octanol–water partition coefficient (Wildman–Crippen LogP) is 16.4. The van der Waals surface area contributed by atoms with Gasteiger partial charge in [-0.25, -0.2) is 0 Å². The molecule has 13 rings (SSSR count). The molecule has 3 saturated heterocycles. The first-order chi connectivity index (χ1) is 60.7. The van der Waals surface area contributed by atoms with Gasteiger partial charge in [-0.2, -0.15) is 0 Å². The van der Waals surface area contributed by atoms with Crippen LogP contribution in [0.3, 0.4) is 0 Å². The van der Waals surface area contributed by atoms with E-state index in [9.17, 15) is 4.79 Å². The molecule has 0 unspecified atom stereocenters. The van der Waals surface area contributed by atoms with Gasteiger partial charge in [0.15, 0.2) is 11.5 Å². The average molecular weight is 1690 g/mol. The third kappa shape index (κ3) is 31.2. The van der Waals surface area contributed by atoms with E-state index in [-0.39, 0.29) is 30.7 Å². The molecule has 4 heterocycles. The largest absolute Gasteiger partial charge is 0.496 e. The number of nitrogens with zero attached hydrogens (tertiary/aromatic N) is 1. The van der Waals surface area contributed by atoms with Gasteiger partial charge in [0.25, 0.3) is 0 Å². The Morgan fingerprint density at radius 1 is 0.398 bits per heavy atom. The van der Waals surface area contributed by atoms with Gasteiger partial charge < -0.3 is 106 Å². The molecule has 662 valence electrons. The number of anilines is 1. The van der Waals surface area contributed by atoms with Crippen LogP contribution >= 0.6 is 0 Å². The molecule has 0 bridgehead atoms. The molecule has 23 nitrogen and oxygen atoms in total. The molecule has 0 radical (unpaired) electrons. The van der Waals surface area contributed by atoms with Gasteiger partial charge in [-0.05, 0) is 171 Å². The quantitative estimate of drug-likeness (QED) is 0.0260. The molecule has 0 spiro atoms. The van der Waals surface area contributed by atoms with Gasteiger partial charge in [0.05, 0.1) is 131 Å². The van der Waals surface area contributed by atoms with Gasteiger partial charge in [0.1, 0.15) is 65.8 Å². The molecule has 23 heteroatoms. The zero-order chi connectivity index (χ0) is 85.5. The van der Waals surface area contributed by atoms with E-state index in [4.69, 9.17) is 85.6 Å². The number of fused-ring (bicyclic) bond motifs is 1. The normalized spacial score (nSPS) is 17.3. The Labute approximate surface area is 727 Å². The number of carboxylic acid groups (broad SMARTS) is 1. The van der Waals surface area contributed by atoms with Crippen LogP contribution in [0.15, 0.2) is 212 Å². The Balaban J connectivity index is 0.000000180. The minimum atomic E-state index is -0.776. The van der Waals surface area contributed by atoms with Gasteiger partial charge in [0, 0.05) is 107 Å². The smallest absolute Gasteiger partial charge is 0.303 e. The first-order valence-corrected chi connectivity index (χ1v) is 43.6. The van der Waals surface area contributed by atoms with E-state index in [1.807, 2.05) is 146 Å². The lowest BCUT2D eigenvalue weighted by atomic mass is 9.87. The maximum absolute atomic E-state index is 10.8. The summed E-state index contributed by atoms with van der Waals surface area (Å²) < 4.78 is 99.1. The van der Waals surface area contributed by atoms with Crippen molar-refractivity contribution in [3.63, 3.8) is 0 Å². The van der Waals surface area contributed by atoms with Crippen LogP contribution in [0, 0.1) is 0 Å². The summed E-state index contributed by atoms with van der Waals surface area (Å²) in [5.41, 5.74) is 10.2. The lowest BCUT2D eigenvalue weighted by molar-refractivity contribution is -0.137. The molecule has 0 saturated carbocycles. The standard InChI is InChI=1S/C34H43NO7.C33H42N2O5.C33H43NO7/c1-38-31-11-4-3-9-28(31)25-39-20-7-21-40-29-16-14-26(15-17-29)30-18-19-35-24-33(30)42-23-22-41-32-12-5-2-8-27(32)10-6-13-34(36)37;1-36-19-5-17-35-18-22-39-32-14-9-26(23-31(32)35)25-40-33-24-34-16-15-30(33)27-10-12-29(13-11-27)38-21-6-20-37-28-7-3-2-4-8-28;1-35-20-21-40-33-27(9-6-11-31(33)37-3)24-41-32-22-34-17-16-29(32)25-12-14-28(15-13-25)39-19-7-18-38-23-26-8-4-5-10-30(26)36-2/h2-5,8-9,11-12,14-17,30,33,35H,6-7,10,13,18-25H2,1H3,(H,36,37);2-4,7-14,23,30,33-34H,5-6,15-22,24-25H2,1H3;4-6,8-15,29,32,34H,7,16-24H2,1-3H3/t2*30-,33+;29-,32+/m111/s1. The monoisotopic (exact) mass is 1690 g/mol. The van der Waals surface area contributed by atoms with E-state index < -0.39 is 5.97 Å². The van der Waals surface area contributed by atoms with Gasteiger partial charge in [-0.1, -0.05) is 127 Å². The summed E-state index contributed by atoms with van der Waals surface area (Å²) in [4.78, 5) is 13.2. The molecule has 3 fully saturated rings. The van der Waals surface area contributed by atoms with Crippen molar-refractivity contribution in [3.05, 3.63) is 257 Å². The van der Waals surface area contributed by atoms with Crippen LogP contribution in [0.2, 0.25) is 0 Å². The predicted molar refractivity (Wildman–Crippen MR) is 478 cm³/mol. The second kappa shape index (κ2) is 53.8. The molecule has 123 heavy (non-hydrogen) atoms. The summed E-state index contributed by atoms with van der Waals surface area (Å²) in [6, 6.07) is 71.1. The highest BCUT2D eigenvalue weighted by molar-refractivity contribution is 5.66. The van der Waals surface area contributed by atoms with Gasteiger partial charge in [-0.15, -0.1) is 0 Å². The number of hydrogen-bond acceptors (Lipinski definition) is 22. The van der Waals surface area contributed by atoms with E-state index in [2.05, 4.69) is 87.6 Å². The lowest BCUT2D eigenvalue weighted by Crippen LogP contribution is -2.41. The number of methoxy groups -OCH3 is 5. The summed E-state index contributed by atoms with van der Waals surface area (Å²) >= 11 is 0. The molecule has 6 atom stereocenters. The molecule has 4 aliphatic heterocycles. The summed E-state index contributed by atoms with van der Waals surface area (Å²) in [7, 11) is 8.41. The topological polar surface area (TPSA) is 234 Å². The van der Waals surface area contributed by atoms with E-state index in [0.717, 1.165) is 184 Å². The molecule has 9 aromatic rings. The molecule has 4 aliphatic rings. The number of para-hydroxylation sites is 5. The Morgan fingerprint density at radius 2 is 0.862 bits per heavy atom. The van der Waals surface area contributed by atoms with Gasteiger partial charge in [-0.3, -0.25) is 4.79 Å². The van der Waals surface area contributed by atoms with Crippen LogP contribution in [0.1, 0.15) is 120 Å². The van der Waals surface area contributed by atoms with E-state index in [1.54, 1.807) is 35.5 Å². The van der Waals surface area contributed by atoms with Crippen molar-refractivity contribution in [2.24, 2.45) is 0 Å². The fourth-order valence-electron chi connectivity index (χ4n) is 15.6. The molecule has 4 N–H and O–H groups in total. The molecule has 0 amide bonds. The summed E-state index contributed by atoms with van der Waals surface area (Å²) in [5.74, 6) is 8.50. The van der Waals surface area contributed by atoms with Crippen molar-refractivity contribution in [2.45, 2.75) is 127 Å². The zero-order valence-corrected chi connectivity index (χ0v) is 72.5. The summed E-state index contributed by atoms with van der Waals surface area (Å²) in [6.07, 6.45) is 8.12. The Hall–Kier alpha value is -10.2. The number of nitrogens with one attached hydrogen (secondary N) is 3. The Morgan fingerprint density at radius 3 is 1.39 bits per heavy atom. The maximum Gasteiger partial charge on any atom is 0.303 e. The Bertz CT molecular complexity index is 4430. The fraction of sp³-hybridized carbons (Fsp3) is 0.450. The van der Waals surface area contributed by atoms with Crippen LogP contribution in [0.4, 0.5) is 5.69 Å². The molecule has 9 aromatic carbocycles. The number of carboxylic acids is 1. The number of aryl methyl sites for hydroxylation is 1. The highest BCUT2D eigenvalue weighted by atomic mass is 16.6. The average Bonchev–Trinajstić information content (AvgIpc) is 0.832. The van der Waals surface area contributed by atoms with Gasteiger partial charge >= 0.3 is 5.97 Å². The highest BCUT2D eigenvalue weighted by Gasteiger charge is 2.31. The van der Waals surface area contributed by atoms with Crippen molar-refractivity contribution < 1.29 is 90.4 Å². The van der Waals surface area contributed by atoms with Gasteiger partial charge in [0.2, 0.25) is 0 Å². The van der Waals surface area contributed by atoms with Crippen molar-refractivity contribution in [1.82, 2.24) is 16.0 Å². The fourth-order valence-corrected chi connectivity index (χ4v) is 15.6. The molecular formula is C100H128N4O19. The van der Waals surface area contributed by atoms with E-state index in [0.29, 0.717) is 129 Å². The number of rotatable bonds is 49. The third-order valence-electron chi connectivity index (χ3n) is 22.0. The first-order valence-electron chi connectivity index (χ1n) is 43.6. The first kappa shape index (κ1) is 93.5. The van der Waals surface area contributed by atoms with Crippen LogP contribution in [-0.4, -0.2) is 197 Å². The van der Waals surface area contributed by atoms with E-state index in [1.165, 1.54) is 22.3 Å². The number of hydrogen-bond donors (Lipinski definition) is 4. The lowest BCUT2D eigenvalue weighted by Gasteiger charge is -2.33. The summed E-state index contributed by atoms with van der Waals surface area (Å²) in [5, 5.41) is 19.4. The maximum atomic E-state index is 10.8. The van der Waals surface area contributed by atoms with Crippen LogP contribution in [0.25, 0.3) is 0 Å². The second-order valence-electron chi connectivity index (χ2n) is 30.6. The molecular weight excluding hydrogens is 1560 g/mol. The number of carbonyl (C=O) groups is 1. The second-order valence-corrected chi connectivity index (χ2v) is 30.6. The number of benzene rings is 9. The minimum absolute atomic E-state index is 0.0360. The molecule has 0 aliphatic carbocycles. The van der Waals surface area contributed by atoms with Crippen LogP contribution in [-0.2, 0) is 70.8 Å². The van der Waals surface area contributed by atoms with Crippen molar-refractivity contribution in [2.75, 3.05) is 172 Å². The zero-order valence-electron chi connectivity index (χ0n) is 72.5. The third-order valence-corrected chi connectivity index (χ3v) is 22.0. The minimum Gasteiger partial charge on any atom is -0.496 e. The summed E-state index contributed by atoms with van der Waals surface area (Å²) in [6.45, 7) is 16.3. The van der Waals surface area contributed by atoms with E-state index >= 15 is 0 Å². The number of ether oxygens (including phenoxy) is 17. The van der Waals surface area contributed by atoms with Crippen molar-refractivity contribution >= 4 is 11.7 Å².